The van der Waals surface area contributed by atoms with E-state index in [1.165, 1.54) is 34.6 Å². The second-order valence-electron chi connectivity index (χ2n) is 7.30. The number of hydrogen-bond acceptors (Lipinski definition) is 3. The molecule has 170 valence electrons. The molecule has 0 aromatic heterocycles. The van der Waals surface area contributed by atoms with Crippen LogP contribution in [0.25, 0.3) is 0 Å². The fourth-order valence-electron chi connectivity index (χ4n) is 3.27. The van der Waals surface area contributed by atoms with Crippen LogP contribution in [0, 0.1) is 11.6 Å². The molecule has 0 heterocycles. The molecular formula is C22H29F2N3O3S. The highest BCUT2D eigenvalue weighted by atomic mass is 32.2. The second-order valence-corrected chi connectivity index (χ2v) is 9.24. The van der Waals surface area contributed by atoms with Crippen molar-refractivity contribution in [2.75, 3.05) is 13.1 Å². The summed E-state index contributed by atoms with van der Waals surface area (Å²) in [6.45, 7) is 7.74. The van der Waals surface area contributed by atoms with Gasteiger partial charge in [-0.1, -0.05) is 32.0 Å². The van der Waals surface area contributed by atoms with E-state index < -0.39 is 39.8 Å². The number of hydrogen-bond donors (Lipinski definition) is 2. The lowest BCUT2D eigenvalue weighted by atomic mass is 10.1. The van der Waals surface area contributed by atoms with Crippen molar-refractivity contribution >= 4 is 16.1 Å². The van der Waals surface area contributed by atoms with E-state index in [1.807, 2.05) is 0 Å². The van der Waals surface area contributed by atoms with Gasteiger partial charge in [-0.3, -0.25) is 0 Å². The number of halogens is 2. The summed E-state index contributed by atoms with van der Waals surface area (Å²) in [5.41, 5.74) is 0.648. The Morgan fingerprint density at radius 1 is 0.968 bits per heavy atom. The van der Waals surface area contributed by atoms with E-state index in [-0.39, 0.29) is 16.9 Å². The minimum Gasteiger partial charge on any atom is -0.335 e. The van der Waals surface area contributed by atoms with Gasteiger partial charge in [-0.05, 0) is 50.1 Å². The van der Waals surface area contributed by atoms with E-state index in [9.17, 15) is 22.0 Å². The highest BCUT2D eigenvalue weighted by Gasteiger charge is 2.22. The maximum absolute atomic E-state index is 13.8. The van der Waals surface area contributed by atoms with E-state index in [0.717, 1.165) is 5.56 Å². The molecule has 9 heteroatoms. The second kappa shape index (κ2) is 10.7. The van der Waals surface area contributed by atoms with Crippen molar-refractivity contribution in [3.63, 3.8) is 0 Å². The van der Waals surface area contributed by atoms with Gasteiger partial charge in [-0.15, -0.1) is 0 Å². The van der Waals surface area contributed by atoms with Crippen LogP contribution in [0.2, 0.25) is 0 Å². The maximum Gasteiger partial charge on any atom is 0.315 e. The number of sulfonamides is 1. The van der Waals surface area contributed by atoms with Crippen molar-refractivity contribution in [1.29, 1.82) is 0 Å². The zero-order valence-electron chi connectivity index (χ0n) is 18.2. The van der Waals surface area contributed by atoms with Crippen molar-refractivity contribution in [3.05, 3.63) is 65.2 Å². The van der Waals surface area contributed by atoms with E-state index >= 15 is 0 Å². The lowest BCUT2D eigenvalue weighted by Crippen LogP contribution is -2.42. The molecule has 0 aliphatic carbocycles. The topological polar surface area (TPSA) is 78.5 Å². The summed E-state index contributed by atoms with van der Waals surface area (Å²) in [5, 5.41) is 5.41. The monoisotopic (exact) mass is 453 g/mol. The SMILES string of the molecule is CCN(CC)S(=O)(=O)c1ccc(C(C)NC(=O)NC(C)Cc2c(F)cccc2F)cc1. The van der Waals surface area contributed by atoms with Crippen molar-refractivity contribution in [2.45, 2.75) is 51.1 Å². The number of carbonyl (C=O) groups excluding carboxylic acids is 1. The molecule has 31 heavy (non-hydrogen) atoms. The van der Waals surface area contributed by atoms with E-state index in [2.05, 4.69) is 10.6 Å². The molecule has 0 bridgehead atoms. The van der Waals surface area contributed by atoms with Gasteiger partial charge in [0, 0.05) is 24.7 Å². The minimum absolute atomic E-state index is 0.0121. The molecule has 2 amide bonds. The highest BCUT2D eigenvalue weighted by Crippen LogP contribution is 2.19. The third-order valence-electron chi connectivity index (χ3n) is 5.02. The number of rotatable bonds is 9. The highest BCUT2D eigenvalue weighted by molar-refractivity contribution is 7.89. The normalized spacial score (nSPS) is 13.6. The van der Waals surface area contributed by atoms with Gasteiger partial charge in [0.1, 0.15) is 11.6 Å². The summed E-state index contributed by atoms with van der Waals surface area (Å²) >= 11 is 0. The molecule has 0 aliphatic heterocycles. The van der Waals surface area contributed by atoms with Crippen molar-refractivity contribution in [3.8, 4) is 0 Å². The van der Waals surface area contributed by atoms with Gasteiger partial charge in [-0.25, -0.2) is 22.0 Å². The van der Waals surface area contributed by atoms with Crippen LogP contribution in [0.1, 0.15) is 44.9 Å². The standard InChI is InChI=1S/C22H29F2N3O3S/c1-5-27(6-2)31(29,30)18-12-10-17(11-13-18)16(4)26-22(28)25-15(3)14-19-20(23)8-7-9-21(19)24/h7-13,15-16H,5-6,14H2,1-4H3,(H2,25,26,28). The van der Waals surface area contributed by atoms with Crippen molar-refractivity contribution in [1.82, 2.24) is 14.9 Å². The summed E-state index contributed by atoms with van der Waals surface area (Å²) < 4.78 is 54.1. The number of nitrogens with one attached hydrogen (secondary N) is 2. The molecule has 2 atom stereocenters. The average molecular weight is 454 g/mol. The summed E-state index contributed by atoms with van der Waals surface area (Å²) in [7, 11) is -3.55. The average Bonchev–Trinajstić information content (AvgIpc) is 2.71. The van der Waals surface area contributed by atoms with Crippen LogP contribution in [-0.2, 0) is 16.4 Å². The Balaban J connectivity index is 1.98. The number of nitrogens with zero attached hydrogens (tertiary/aromatic N) is 1. The largest absolute Gasteiger partial charge is 0.335 e. The molecule has 2 N–H and O–H groups in total. The molecule has 2 unspecified atom stereocenters. The summed E-state index contributed by atoms with van der Waals surface area (Å²) in [6, 6.07) is 8.59. The predicted molar refractivity (Wildman–Crippen MR) is 116 cm³/mol. The first-order valence-electron chi connectivity index (χ1n) is 10.2. The van der Waals surface area contributed by atoms with E-state index in [0.29, 0.717) is 13.1 Å². The Hall–Kier alpha value is -2.52. The van der Waals surface area contributed by atoms with Crippen LogP contribution >= 0.6 is 0 Å². The van der Waals surface area contributed by atoms with Gasteiger partial charge >= 0.3 is 6.03 Å². The van der Waals surface area contributed by atoms with E-state index in [1.54, 1.807) is 39.8 Å². The van der Waals surface area contributed by atoms with Crippen molar-refractivity contribution in [2.24, 2.45) is 0 Å². The van der Waals surface area contributed by atoms with Crippen LogP contribution in [0.15, 0.2) is 47.4 Å². The summed E-state index contributed by atoms with van der Waals surface area (Å²) in [6.07, 6.45) is 0.0121. The van der Waals surface area contributed by atoms with Gasteiger partial charge in [0.05, 0.1) is 10.9 Å². The Labute approximate surface area is 182 Å². The van der Waals surface area contributed by atoms with Crippen LogP contribution in [0.5, 0.6) is 0 Å². The number of amides is 2. The Bertz CT molecular complexity index is 973. The minimum atomic E-state index is -3.55. The third kappa shape index (κ3) is 6.24. The van der Waals surface area contributed by atoms with Crippen LogP contribution in [-0.4, -0.2) is 37.9 Å². The van der Waals surface area contributed by atoms with Crippen LogP contribution in [0.3, 0.4) is 0 Å². The zero-order chi connectivity index (χ0) is 23.2. The van der Waals surface area contributed by atoms with E-state index in [4.69, 9.17) is 0 Å². The Morgan fingerprint density at radius 3 is 2.03 bits per heavy atom. The molecule has 6 nitrogen and oxygen atoms in total. The zero-order valence-corrected chi connectivity index (χ0v) is 19.0. The fraction of sp³-hybridized carbons (Fsp3) is 0.409. The molecule has 0 fully saturated rings. The molecule has 2 rings (SSSR count). The first kappa shape index (κ1) is 24.7. The predicted octanol–water partition coefficient (Wildman–Crippen LogP) is 3.99. The maximum atomic E-state index is 13.8. The van der Waals surface area contributed by atoms with Gasteiger partial charge in [-0.2, -0.15) is 4.31 Å². The van der Waals surface area contributed by atoms with Gasteiger partial charge in [0.15, 0.2) is 0 Å². The van der Waals surface area contributed by atoms with Crippen LogP contribution in [0.4, 0.5) is 13.6 Å². The molecule has 2 aromatic rings. The number of urea groups is 1. The number of benzene rings is 2. The molecule has 0 aliphatic rings. The fourth-order valence-corrected chi connectivity index (χ4v) is 4.73. The smallest absolute Gasteiger partial charge is 0.315 e. The van der Waals surface area contributed by atoms with Gasteiger partial charge in [0.25, 0.3) is 0 Å². The molecule has 2 aromatic carbocycles. The Kier molecular flexibility index (Phi) is 8.52. The third-order valence-corrected chi connectivity index (χ3v) is 7.08. The molecule has 0 saturated heterocycles. The summed E-state index contributed by atoms with van der Waals surface area (Å²) in [4.78, 5) is 12.5. The van der Waals surface area contributed by atoms with Crippen LogP contribution < -0.4 is 10.6 Å². The molecular weight excluding hydrogens is 424 g/mol. The molecule has 0 saturated carbocycles. The van der Waals surface area contributed by atoms with Crippen molar-refractivity contribution < 1.29 is 22.0 Å². The summed E-state index contributed by atoms with van der Waals surface area (Å²) in [5.74, 6) is -1.30. The number of carbonyl (C=O) groups is 1. The Morgan fingerprint density at radius 2 is 1.52 bits per heavy atom. The quantitative estimate of drug-likeness (QED) is 0.603. The first-order chi connectivity index (χ1) is 14.6. The van der Waals surface area contributed by atoms with Gasteiger partial charge < -0.3 is 10.6 Å². The molecule has 0 spiro atoms. The van der Waals surface area contributed by atoms with Gasteiger partial charge in [0.2, 0.25) is 10.0 Å². The molecule has 0 radical (unpaired) electrons. The lowest BCUT2D eigenvalue weighted by molar-refractivity contribution is 0.234. The lowest BCUT2D eigenvalue weighted by Gasteiger charge is -2.20. The first-order valence-corrected chi connectivity index (χ1v) is 11.6.